The van der Waals surface area contributed by atoms with Crippen LogP contribution in [0.4, 0.5) is 11.4 Å². The van der Waals surface area contributed by atoms with Gasteiger partial charge in [0, 0.05) is 17.9 Å². The molecule has 1 aromatic carbocycles. The maximum atomic E-state index is 9.82. The monoisotopic (exact) mass is 208 g/mol. The predicted octanol–water partition coefficient (Wildman–Crippen LogP) is 2.15. The van der Waals surface area contributed by atoms with Crippen molar-refractivity contribution in [3.8, 4) is 0 Å². The van der Waals surface area contributed by atoms with E-state index in [4.69, 9.17) is 5.73 Å². The molecule has 0 saturated carbocycles. The Morgan fingerprint density at radius 3 is 2.67 bits per heavy atom. The minimum Gasteiger partial charge on any atom is -0.399 e. The molecule has 15 heavy (non-hydrogen) atoms. The molecular weight excluding hydrogens is 188 g/mol. The zero-order valence-corrected chi connectivity index (χ0v) is 9.67. The standard InChI is InChI=1S/C12H20N2O/c1-4-12(3,15)8-14-10-5-6-11(13)9(2)7-10/h5-7,14-15H,4,8,13H2,1-3H3. The van der Waals surface area contributed by atoms with E-state index in [1.54, 1.807) is 0 Å². The largest absolute Gasteiger partial charge is 0.399 e. The van der Waals surface area contributed by atoms with Crippen molar-refractivity contribution in [3.05, 3.63) is 23.8 Å². The topological polar surface area (TPSA) is 58.3 Å². The van der Waals surface area contributed by atoms with Gasteiger partial charge in [-0.25, -0.2) is 0 Å². The van der Waals surface area contributed by atoms with Crippen molar-refractivity contribution in [2.75, 3.05) is 17.6 Å². The summed E-state index contributed by atoms with van der Waals surface area (Å²) in [6.07, 6.45) is 0.730. The smallest absolute Gasteiger partial charge is 0.0788 e. The van der Waals surface area contributed by atoms with Gasteiger partial charge in [0.15, 0.2) is 0 Å². The number of nitrogens with two attached hydrogens (primary N) is 1. The summed E-state index contributed by atoms with van der Waals surface area (Å²) in [5.74, 6) is 0. The Kier molecular flexibility index (Phi) is 3.58. The van der Waals surface area contributed by atoms with Gasteiger partial charge in [0.1, 0.15) is 0 Å². The summed E-state index contributed by atoms with van der Waals surface area (Å²) in [6.45, 7) is 6.31. The first-order chi connectivity index (χ1) is 6.94. The van der Waals surface area contributed by atoms with E-state index in [9.17, 15) is 5.11 Å². The fourth-order valence-corrected chi connectivity index (χ4v) is 1.20. The third-order valence-corrected chi connectivity index (χ3v) is 2.70. The summed E-state index contributed by atoms with van der Waals surface area (Å²) in [5.41, 5.74) is 7.90. The van der Waals surface area contributed by atoms with Crippen LogP contribution in [0.5, 0.6) is 0 Å². The van der Waals surface area contributed by atoms with Crippen molar-refractivity contribution < 1.29 is 5.11 Å². The van der Waals surface area contributed by atoms with Crippen LogP contribution < -0.4 is 11.1 Å². The van der Waals surface area contributed by atoms with Gasteiger partial charge in [0.2, 0.25) is 0 Å². The highest BCUT2D eigenvalue weighted by Crippen LogP contribution is 2.18. The summed E-state index contributed by atoms with van der Waals surface area (Å²) >= 11 is 0. The molecule has 1 rings (SSSR count). The van der Waals surface area contributed by atoms with E-state index in [0.717, 1.165) is 23.4 Å². The van der Waals surface area contributed by atoms with E-state index in [0.29, 0.717) is 6.54 Å². The Morgan fingerprint density at radius 2 is 2.13 bits per heavy atom. The first kappa shape index (κ1) is 11.9. The number of hydrogen-bond acceptors (Lipinski definition) is 3. The lowest BCUT2D eigenvalue weighted by atomic mass is 10.0. The minimum atomic E-state index is -0.657. The molecule has 84 valence electrons. The van der Waals surface area contributed by atoms with Crippen molar-refractivity contribution in [3.63, 3.8) is 0 Å². The predicted molar refractivity (Wildman–Crippen MR) is 65.0 cm³/mol. The third kappa shape index (κ3) is 3.44. The lowest BCUT2D eigenvalue weighted by Crippen LogP contribution is -2.32. The van der Waals surface area contributed by atoms with Gasteiger partial charge in [-0.1, -0.05) is 6.92 Å². The first-order valence-corrected chi connectivity index (χ1v) is 5.27. The summed E-state index contributed by atoms with van der Waals surface area (Å²) in [6, 6.07) is 5.79. The van der Waals surface area contributed by atoms with Crippen molar-refractivity contribution in [2.45, 2.75) is 32.8 Å². The SMILES string of the molecule is CCC(C)(O)CNc1ccc(N)c(C)c1. The van der Waals surface area contributed by atoms with Gasteiger partial charge in [-0.3, -0.25) is 0 Å². The Labute approximate surface area is 91.3 Å². The maximum Gasteiger partial charge on any atom is 0.0788 e. The van der Waals surface area contributed by atoms with Gasteiger partial charge in [0.05, 0.1) is 5.60 Å². The molecule has 0 aliphatic heterocycles. The van der Waals surface area contributed by atoms with Crippen LogP contribution in [0, 0.1) is 6.92 Å². The molecule has 0 bridgehead atoms. The summed E-state index contributed by atoms with van der Waals surface area (Å²) in [5, 5.41) is 13.0. The molecule has 0 fully saturated rings. The number of hydrogen-bond donors (Lipinski definition) is 3. The number of aliphatic hydroxyl groups is 1. The van der Waals surface area contributed by atoms with Gasteiger partial charge in [-0.05, 0) is 44.0 Å². The van der Waals surface area contributed by atoms with Crippen LogP contribution in [-0.4, -0.2) is 17.3 Å². The van der Waals surface area contributed by atoms with E-state index in [2.05, 4.69) is 5.32 Å². The summed E-state index contributed by atoms with van der Waals surface area (Å²) in [7, 11) is 0. The van der Waals surface area contributed by atoms with Crippen molar-refractivity contribution in [1.82, 2.24) is 0 Å². The Balaban J connectivity index is 2.62. The summed E-state index contributed by atoms with van der Waals surface area (Å²) < 4.78 is 0. The molecule has 0 spiro atoms. The highest BCUT2D eigenvalue weighted by Gasteiger charge is 2.16. The van der Waals surface area contributed by atoms with Crippen LogP contribution in [0.15, 0.2) is 18.2 Å². The number of benzene rings is 1. The van der Waals surface area contributed by atoms with Crippen molar-refractivity contribution in [1.29, 1.82) is 0 Å². The Hall–Kier alpha value is -1.22. The second-order valence-electron chi connectivity index (χ2n) is 4.28. The molecule has 1 unspecified atom stereocenters. The van der Waals surface area contributed by atoms with E-state index in [1.807, 2.05) is 39.0 Å². The molecule has 4 N–H and O–H groups in total. The molecule has 3 heteroatoms. The zero-order chi connectivity index (χ0) is 11.5. The van der Waals surface area contributed by atoms with Crippen LogP contribution in [0.25, 0.3) is 0 Å². The number of nitrogen functional groups attached to an aromatic ring is 1. The lowest BCUT2D eigenvalue weighted by Gasteiger charge is -2.22. The van der Waals surface area contributed by atoms with Crippen LogP contribution in [-0.2, 0) is 0 Å². The molecule has 0 radical (unpaired) electrons. The van der Waals surface area contributed by atoms with E-state index >= 15 is 0 Å². The average Bonchev–Trinajstić information content (AvgIpc) is 2.20. The molecule has 0 saturated heterocycles. The third-order valence-electron chi connectivity index (χ3n) is 2.70. The molecule has 3 nitrogen and oxygen atoms in total. The number of nitrogens with one attached hydrogen (secondary N) is 1. The van der Waals surface area contributed by atoms with Crippen molar-refractivity contribution in [2.24, 2.45) is 0 Å². The van der Waals surface area contributed by atoms with Gasteiger partial charge in [-0.2, -0.15) is 0 Å². The normalized spacial score (nSPS) is 14.7. The Bertz CT molecular complexity index is 334. The Morgan fingerprint density at radius 1 is 1.47 bits per heavy atom. The first-order valence-electron chi connectivity index (χ1n) is 5.27. The van der Waals surface area contributed by atoms with Crippen molar-refractivity contribution >= 4 is 11.4 Å². The van der Waals surface area contributed by atoms with E-state index in [1.165, 1.54) is 0 Å². The fourth-order valence-electron chi connectivity index (χ4n) is 1.20. The molecule has 0 aromatic heterocycles. The second-order valence-corrected chi connectivity index (χ2v) is 4.28. The number of aryl methyl sites for hydroxylation is 1. The average molecular weight is 208 g/mol. The maximum absolute atomic E-state index is 9.82. The molecule has 0 amide bonds. The van der Waals surface area contributed by atoms with E-state index in [-0.39, 0.29) is 0 Å². The van der Waals surface area contributed by atoms with E-state index < -0.39 is 5.60 Å². The second kappa shape index (κ2) is 4.53. The van der Waals surface area contributed by atoms with Gasteiger partial charge >= 0.3 is 0 Å². The van der Waals surface area contributed by atoms with Gasteiger partial charge in [0.25, 0.3) is 0 Å². The van der Waals surface area contributed by atoms with Crippen LogP contribution in [0.1, 0.15) is 25.8 Å². The van der Waals surface area contributed by atoms with Crippen LogP contribution in [0.2, 0.25) is 0 Å². The van der Waals surface area contributed by atoms with Crippen LogP contribution >= 0.6 is 0 Å². The van der Waals surface area contributed by atoms with Crippen LogP contribution in [0.3, 0.4) is 0 Å². The molecule has 0 aliphatic carbocycles. The minimum absolute atomic E-state index is 0.548. The van der Waals surface area contributed by atoms with Gasteiger partial charge < -0.3 is 16.2 Å². The fraction of sp³-hybridized carbons (Fsp3) is 0.500. The highest BCUT2D eigenvalue weighted by molar-refractivity contribution is 5.56. The molecular formula is C12H20N2O. The molecule has 1 aromatic rings. The molecule has 1 atom stereocenters. The van der Waals surface area contributed by atoms with Gasteiger partial charge in [-0.15, -0.1) is 0 Å². The molecule has 0 aliphatic rings. The lowest BCUT2D eigenvalue weighted by molar-refractivity contribution is 0.0697. The molecule has 0 heterocycles. The quantitative estimate of drug-likeness (QED) is 0.664. The summed E-state index contributed by atoms with van der Waals surface area (Å²) in [4.78, 5) is 0. The zero-order valence-electron chi connectivity index (χ0n) is 9.67. The number of anilines is 2. The highest BCUT2D eigenvalue weighted by atomic mass is 16.3. The number of rotatable bonds is 4.